The van der Waals surface area contributed by atoms with Gasteiger partial charge in [-0.05, 0) is 44.0 Å². The van der Waals surface area contributed by atoms with E-state index in [0.29, 0.717) is 12.3 Å². The first-order valence-corrected chi connectivity index (χ1v) is 10.4. The van der Waals surface area contributed by atoms with Crippen LogP contribution in [0.5, 0.6) is 5.75 Å². The smallest absolute Gasteiger partial charge is 0.335 e. The van der Waals surface area contributed by atoms with Gasteiger partial charge in [-0.25, -0.2) is 0 Å². The van der Waals surface area contributed by atoms with E-state index in [2.05, 4.69) is 20.4 Å². The van der Waals surface area contributed by atoms with E-state index in [0.717, 1.165) is 44.3 Å². The van der Waals surface area contributed by atoms with E-state index in [-0.39, 0.29) is 0 Å². The number of nitrogen functional groups attached to an aromatic ring is 1. The molecule has 2 N–H and O–H groups in total. The van der Waals surface area contributed by atoms with Crippen LogP contribution < -0.4 is 10.5 Å². The number of rotatable bonds is 11. The Kier molecular flexibility index (Phi) is 8.42. The van der Waals surface area contributed by atoms with Crippen LogP contribution in [0.1, 0.15) is 33.1 Å². The van der Waals surface area contributed by atoms with Gasteiger partial charge in [0, 0.05) is 13.2 Å². The Balaban J connectivity index is 2.37. The van der Waals surface area contributed by atoms with Gasteiger partial charge in [0.1, 0.15) is 5.75 Å². The van der Waals surface area contributed by atoms with Crippen molar-refractivity contribution >= 4 is 14.2 Å². The molecule has 0 fully saturated rings. The van der Waals surface area contributed by atoms with Gasteiger partial charge >= 0.3 is 8.56 Å². The van der Waals surface area contributed by atoms with Gasteiger partial charge in [-0.2, -0.15) is 0 Å². The normalized spacial score (nSPS) is 11.6. The highest BCUT2D eigenvalue weighted by Crippen LogP contribution is 2.21. The fourth-order valence-electron chi connectivity index (χ4n) is 2.01. The van der Waals surface area contributed by atoms with E-state index in [4.69, 9.17) is 19.3 Å². The van der Waals surface area contributed by atoms with Crippen LogP contribution in [0.4, 0.5) is 5.69 Å². The Bertz CT molecular complexity index is 393. The molecule has 0 saturated heterocycles. The topological polar surface area (TPSA) is 53.7 Å². The van der Waals surface area contributed by atoms with Gasteiger partial charge in [-0.3, -0.25) is 0 Å². The molecule has 0 aromatic heterocycles. The van der Waals surface area contributed by atoms with Crippen molar-refractivity contribution in [3.8, 4) is 5.75 Å². The van der Waals surface area contributed by atoms with E-state index in [1.165, 1.54) is 0 Å². The summed E-state index contributed by atoms with van der Waals surface area (Å²) in [5, 5.41) is 0. The summed E-state index contributed by atoms with van der Waals surface area (Å²) in [6.07, 6.45) is 2.97. The monoisotopic (exact) mass is 311 g/mol. The summed E-state index contributed by atoms with van der Waals surface area (Å²) in [6.45, 7) is 8.58. The average molecular weight is 311 g/mol. The molecule has 0 amide bonds. The first-order chi connectivity index (χ1) is 10.1. The Morgan fingerprint density at radius 3 is 2.19 bits per heavy atom. The molecule has 0 aliphatic heterocycles. The molecular formula is C16H29NO3Si. The first-order valence-electron chi connectivity index (χ1n) is 7.86. The standard InChI is InChI=1S/C16H29NO3Si/c1-4-11-19-21(3,20-12-5-2)14-8-13-18-16-10-7-6-9-15(16)17/h6-7,9-10H,4-5,8,11-14,17H2,1-3H3. The second-order valence-electron chi connectivity index (χ2n) is 5.32. The molecule has 0 radical (unpaired) electrons. The molecule has 21 heavy (non-hydrogen) atoms. The lowest BCUT2D eigenvalue weighted by Crippen LogP contribution is -2.39. The molecule has 0 saturated carbocycles. The molecule has 0 spiro atoms. The van der Waals surface area contributed by atoms with Crippen molar-refractivity contribution in [3.63, 3.8) is 0 Å². The van der Waals surface area contributed by atoms with Crippen molar-refractivity contribution in [2.24, 2.45) is 0 Å². The molecule has 4 nitrogen and oxygen atoms in total. The second-order valence-corrected chi connectivity index (χ2v) is 8.67. The van der Waals surface area contributed by atoms with Gasteiger partial charge in [0.15, 0.2) is 0 Å². The van der Waals surface area contributed by atoms with Crippen molar-refractivity contribution in [2.45, 2.75) is 45.7 Å². The number of hydrogen-bond donors (Lipinski definition) is 1. The van der Waals surface area contributed by atoms with Crippen LogP contribution in [0.25, 0.3) is 0 Å². The number of para-hydroxylation sites is 2. The predicted molar refractivity (Wildman–Crippen MR) is 89.9 cm³/mol. The molecule has 1 rings (SSSR count). The van der Waals surface area contributed by atoms with Gasteiger partial charge in [0.05, 0.1) is 12.3 Å². The zero-order valence-corrected chi connectivity index (χ0v) is 14.6. The van der Waals surface area contributed by atoms with Crippen LogP contribution >= 0.6 is 0 Å². The van der Waals surface area contributed by atoms with Gasteiger partial charge < -0.3 is 19.3 Å². The maximum absolute atomic E-state index is 5.99. The zero-order chi connectivity index (χ0) is 15.6. The van der Waals surface area contributed by atoms with E-state index >= 15 is 0 Å². The molecule has 0 aliphatic carbocycles. The van der Waals surface area contributed by atoms with E-state index in [1.54, 1.807) is 0 Å². The number of anilines is 1. The molecule has 0 atom stereocenters. The van der Waals surface area contributed by atoms with E-state index in [9.17, 15) is 0 Å². The molecule has 0 heterocycles. The van der Waals surface area contributed by atoms with Crippen molar-refractivity contribution in [3.05, 3.63) is 24.3 Å². The summed E-state index contributed by atoms with van der Waals surface area (Å²) in [6, 6.07) is 8.53. The molecule has 120 valence electrons. The van der Waals surface area contributed by atoms with Crippen LogP contribution in [0.3, 0.4) is 0 Å². The summed E-state index contributed by atoms with van der Waals surface area (Å²) < 4.78 is 17.7. The maximum Gasteiger partial charge on any atom is 0.335 e. The van der Waals surface area contributed by atoms with Crippen molar-refractivity contribution in [1.82, 2.24) is 0 Å². The third-order valence-electron chi connectivity index (χ3n) is 3.17. The molecule has 0 bridgehead atoms. The SMILES string of the molecule is CCCO[Si](C)(CCCOc1ccccc1N)OCCC. The number of nitrogens with two attached hydrogens (primary N) is 1. The van der Waals surface area contributed by atoms with Crippen LogP contribution in [0.2, 0.25) is 12.6 Å². The van der Waals surface area contributed by atoms with Crippen LogP contribution in [0, 0.1) is 0 Å². The fraction of sp³-hybridized carbons (Fsp3) is 0.625. The highest BCUT2D eigenvalue weighted by Gasteiger charge is 2.30. The van der Waals surface area contributed by atoms with Crippen LogP contribution in [-0.4, -0.2) is 28.4 Å². The van der Waals surface area contributed by atoms with Crippen LogP contribution in [0.15, 0.2) is 24.3 Å². The minimum Gasteiger partial charge on any atom is -0.491 e. The van der Waals surface area contributed by atoms with Gasteiger partial charge in [0.2, 0.25) is 0 Å². The maximum atomic E-state index is 5.99. The van der Waals surface area contributed by atoms with Crippen molar-refractivity contribution in [1.29, 1.82) is 0 Å². The molecule has 1 aromatic rings. The van der Waals surface area contributed by atoms with E-state index < -0.39 is 8.56 Å². The van der Waals surface area contributed by atoms with Gasteiger partial charge in [-0.15, -0.1) is 0 Å². The zero-order valence-electron chi connectivity index (χ0n) is 13.6. The molecule has 0 aliphatic rings. The highest BCUT2D eigenvalue weighted by atomic mass is 28.4. The van der Waals surface area contributed by atoms with Crippen molar-refractivity contribution < 1.29 is 13.6 Å². The summed E-state index contributed by atoms with van der Waals surface area (Å²) >= 11 is 0. The average Bonchev–Trinajstić information content (AvgIpc) is 2.49. The summed E-state index contributed by atoms with van der Waals surface area (Å²) in [5.74, 6) is 0.754. The Morgan fingerprint density at radius 2 is 1.62 bits per heavy atom. The van der Waals surface area contributed by atoms with E-state index in [1.807, 2.05) is 24.3 Å². The molecule has 1 aromatic carbocycles. The Morgan fingerprint density at radius 1 is 1.00 bits per heavy atom. The first kappa shape index (κ1) is 18.0. The predicted octanol–water partition coefficient (Wildman–Crippen LogP) is 3.96. The van der Waals surface area contributed by atoms with Crippen molar-refractivity contribution in [2.75, 3.05) is 25.6 Å². The van der Waals surface area contributed by atoms with Gasteiger partial charge in [-0.1, -0.05) is 26.0 Å². The Hall–Kier alpha value is -1.04. The third kappa shape index (κ3) is 6.97. The number of ether oxygens (including phenoxy) is 1. The second kappa shape index (κ2) is 9.81. The minimum atomic E-state index is -2.05. The molecule has 5 heteroatoms. The number of benzene rings is 1. The molecule has 0 unspecified atom stereocenters. The lowest BCUT2D eigenvalue weighted by atomic mass is 10.3. The lowest BCUT2D eigenvalue weighted by molar-refractivity contribution is 0.170. The number of hydrogen-bond acceptors (Lipinski definition) is 4. The van der Waals surface area contributed by atoms with Gasteiger partial charge in [0.25, 0.3) is 0 Å². The summed E-state index contributed by atoms with van der Waals surface area (Å²) in [7, 11) is -2.05. The largest absolute Gasteiger partial charge is 0.491 e. The lowest BCUT2D eigenvalue weighted by Gasteiger charge is -2.27. The molecular weight excluding hydrogens is 282 g/mol. The third-order valence-corrected chi connectivity index (χ3v) is 6.07. The summed E-state index contributed by atoms with van der Waals surface area (Å²) in [5.41, 5.74) is 6.54. The summed E-state index contributed by atoms with van der Waals surface area (Å²) in [4.78, 5) is 0. The highest BCUT2D eigenvalue weighted by molar-refractivity contribution is 6.66. The minimum absolute atomic E-state index is 0.641. The quantitative estimate of drug-likeness (QED) is 0.382. The van der Waals surface area contributed by atoms with Crippen LogP contribution in [-0.2, 0) is 8.85 Å². The Labute approximate surface area is 129 Å². The fourth-order valence-corrected chi connectivity index (χ4v) is 4.44.